The van der Waals surface area contributed by atoms with Gasteiger partial charge >= 0.3 is 5.97 Å². The molecule has 1 aliphatic carbocycles. The lowest BCUT2D eigenvalue weighted by Crippen LogP contribution is -2.21. The number of carboxylic acids is 1. The summed E-state index contributed by atoms with van der Waals surface area (Å²) in [6.07, 6.45) is 6.59. The molecule has 1 fully saturated rings. The van der Waals surface area contributed by atoms with Crippen molar-refractivity contribution in [3.8, 4) is 0 Å². The monoisotopic (exact) mass is 207 g/mol. The third-order valence-corrected chi connectivity index (χ3v) is 2.67. The zero-order valence-corrected chi connectivity index (χ0v) is 8.31. The first-order valence-electron chi connectivity index (χ1n) is 5.05. The molecule has 1 aromatic heterocycles. The fourth-order valence-electron chi connectivity index (χ4n) is 1.48. The molecule has 1 saturated carbocycles. The van der Waals surface area contributed by atoms with Gasteiger partial charge in [-0.25, -0.2) is 14.8 Å². The molecule has 0 radical (unpaired) electrons. The van der Waals surface area contributed by atoms with E-state index >= 15 is 0 Å². The van der Waals surface area contributed by atoms with Gasteiger partial charge < -0.3 is 10.4 Å². The van der Waals surface area contributed by atoms with E-state index in [0.29, 0.717) is 5.82 Å². The summed E-state index contributed by atoms with van der Waals surface area (Å²) < 4.78 is 0. The molecule has 1 aromatic rings. The van der Waals surface area contributed by atoms with Crippen molar-refractivity contribution in [2.45, 2.75) is 19.3 Å². The SMILES string of the molecule is O=C(O)c1cnc(NCC2CCC2)cn1. The van der Waals surface area contributed by atoms with Gasteiger partial charge in [0.1, 0.15) is 5.82 Å². The second-order valence-electron chi connectivity index (χ2n) is 3.77. The van der Waals surface area contributed by atoms with Gasteiger partial charge in [0.05, 0.1) is 12.4 Å². The van der Waals surface area contributed by atoms with Crippen molar-refractivity contribution in [3.63, 3.8) is 0 Å². The van der Waals surface area contributed by atoms with Gasteiger partial charge in [0.25, 0.3) is 0 Å². The van der Waals surface area contributed by atoms with Crippen LogP contribution in [-0.2, 0) is 0 Å². The van der Waals surface area contributed by atoms with Crippen molar-refractivity contribution in [2.75, 3.05) is 11.9 Å². The summed E-state index contributed by atoms with van der Waals surface area (Å²) in [7, 11) is 0. The molecule has 2 rings (SSSR count). The second-order valence-corrected chi connectivity index (χ2v) is 3.77. The Kier molecular flexibility index (Phi) is 2.80. The number of rotatable bonds is 4. The minimum absolute atomic E-state index is 0.0239. The average molecular weight is 207 g/mol. The lowest BCUT2D eigenvalue weighted by Gasteiger charge is -2.25. The Morgan fingerprint density at radius 2 is 2.27 bits per heavy atom. The van der Waals surface area contributed by atoms with Crippen molar-refractivity contribution in [1.82, 2.24) is 9.97 Å². The molecule has 5 nitrogen and oxygen atoms in total. The normalized spacial score (nSPS) is 15.7. The van der Waals surface area contributed by atoms with Crippen molar-refractivity contribution < 1.29 is 9.90 Å². The van der Waals surface area contributed by atoms with E-state index in [-0.39, 0.29) is 5.69 Å². The summed E-state index contributed by atoms with van der Waals surface area (Å²) in [4.78, 5) is 18.3. The Morgan fingerprint density at radius 1 is 1.47 bits per heavy atom. The molecule has 0 atom stereocenters. The van der Waals surface area contributed by atoms with E-state index in [0.717, 1.165) is 12.5 Å². The van der Waals surface area contributed by atoms with Crippen LogP contribution in [0.4, 0.5) is 5.82 Å². The fourth-order valence-corrected chi connectivity index (χ4v) is 1.48. The van der Waals surface area contributed by atoms with Crippen LogP contribution in [0.25, 0.3) is 0 Å². The molecule has 80 valence electrons. The zero-order chi connectivity index (χ0) is 10.7. The summed E-state index contributed by atoms with van der Waals surface area (Å²) in [5.74, 6) is 0.339. The third-order valence-electron chi connectivity index (χ3n) is 2.67. The summed E-state index contributed by atoms with van der Waals surface area (Å²) in [5.41, 5.74) is -0.0239. The number of carboxylic acid groups (broad SMARTS) is 1. The van der Waals surface area contributed by atoms with Gasteiger partial charge in [0, 0.05) is 6.54 Å². The van der Waals surface area contributed by atoms with E-state index in [1.807, 2.05) is 0 Å². The van der Waals surface area contributed by atoms with E-state index in [1.165, 1.54) is 31.7 Å². The highest BCUT2D eigenvalue weighted by molar-refractivity contribution is 5.84. The Hall–Kier alpha value is -1.65. The first kappa shape index (κ1) is 9.89. The highest BCUT2D eigenvalue weighted by Gasteiger charge is 2.16. The van der Waals surface area contributed by atoms with E-state index in [4.69, 9.17) is 5.11 Å². The number of aromatic nitrogens is 2. The molecular weight excluding hydrogens is 194 g/mol. The highest BCUT2D eigenvalue weighted by Crippen LogP contribution is 2.26. The number of carbonyl (C=O) groups is 1. The average Bonchev–Trinajstić information content (AvgIpc) is 2.16. The Morgan fingerprint density at radius 3 is 2.73 bits per heavy atom. The van der Waals surface area contributed by atoms with Crippen molar-refractivity contribution in [3.05, 3.63) is 18.1 Å². The third kappa shape index (κ3) is 2.43. The van der Waals surface area contributed by atoms with E-state index in [9.17, 15) is 4.79 Å². The summed E-state index contributed by atoms with van der Waals surface area (Å²) in [6.45, 7) is 0.904. The van der Waals surface area contributed by atoms with E-state index in [2.05, 4.69) is 15.3 Å². The topological polar surface area (TPSA) is 75.1 Å². The van der Waals surface area contributed by atoms with Gasteiger partial charge in [-0.05, 0) is 18.8 Å². The molecule has 0 spiro atoms. The van der Waals surface area contributed by atoms with Crippen LogP contribution >= 0.6 is 0 Å². The number of hydrogen-bond donors (Lipinski definition) is 2. The molecule has 1 heterocycles. The molecule has 0 aliphatic heterocycles. The summed E-state index contributed by atoms with van der Waals surface area (Å²) >= 11 is 0. The molecule has 0 unspecified atom stereocenters. The predicted octanol–water partition coefficient (Wildman–Crippen LogP) is 1.39. The maximum Gasteiger partial charge on any atom is 0.356 e. The first-order chi connectivity index (χ1) is 7.25. The largest absolute Gasteiger partial charge is 0.476 e. The van der Waals surface area contributed by atoms with Crippen LogP contribution in [0, 0.1) is 5.92 Å². The number of aromatic carboxylic acids is 1. The van der Waals surface area contributed by atoms with Crippen LogP contribution in [0.15, 0.2) is 12.4 Å². The first-order valence-corrected chi connectivity index (χ1v) is 5.05. The fraction of sp³-hybridized carbons (Fsp3) is 0.500. The minimum Gasteiger partial charge on any atom is -0.476 e. The predicted molar refractivity (Wildman–Crippen MR) is 54.8 cm³/mol. The molecular formula is C10H13N3O2. The Bertz CT molecular complexity index is 346. The quantitative estimate of drug-likeness (QED) is 0.780. The summed E-state index contributed by atoms with van der Waals surface area (Å²) in [6, 6.07) is 0. The molecule has 0 bridgehead atoms. The summed E-state index contributed by atoms with van der Waals surface area (Å²) in [5, 5.41) is 11.8. The maximum atomic E-state index is 10.5. The van der Waals surface area contributed by atoms with E-state index in [1.54, 1.807) is 0 Å². The van der Waals surface area contributed by atoms with Gasteiger partial charge in [-0.1, -0.05) is 6.42 Å². The molecule has 0 amide bonds. The van der Waals surface area contributed by atoms with Crippen LogP contribution in [0.2, 0.25) is 0 Å². The van der Waals surface area contributed by atoms with Gasteiger partial charge in [0.2, 0.25) is 0 Å². The van der Waals surface area contributed by atoms with Gasteiger partial charge in [0.15, 0.2) is 5.69 Å². The standard InChI is InChI=1S/C10H13N3O2/c14-10(15)8-5-13-9(6-11-8)12-4-7-2-1-3-7/h5-7H,1-4H2,(H,12,13)(H,14,15). The molecule has 0 saturated heterocycles. The van der Waals surface area contributed by atoms with Crippen LogP contribution in [0.5, 0.6) is 0 Å². The van der Waals surface area contributed by atoms with E-state index < -0.39 is 5.97 Å². The molecule has 5 heteroatoms. The second kappa shape index (κ2) is 4.25. The number of nitrogens with one attached hydrogen (secondary N) is 1. The smallest absolute Gasteiger partial charge is 0.356 e. The number of anilines is 1. The number of hydrogen-bond acceptors (Lipinski definition) is 4. The Labute approximate surface area is 87.6 Å². The van der Waals surface area contributed by atoms with Gasteiger partial charge in [-0.3, -0.25) is 0 Å². The van der Waals surface area contributed by atoms with Crippen LogP contribution in [0.3, 0.4) is 0 Å². The lowest BCUT2D eigenvalue weighted by atomic mass is 9.85. The molecule has 15 heavy (non-hydrogen) atoms. The molecule has 1 aliphatic rings. The van der Waals surface area contributed by atoms with Gasteiger partial charge in [-0.15, -0.1) is 0 Å². The Balaban J connectivity index is 1.88. The van der Waals surface area contributed by atoms with Crippen LogP contribution in [-0.4, -0.2) is 27.6 Å². The highest BCUT2D eigenvalue weighted by atomic mass is 16.4. The minimum atomic E-state index is -1.05. The van der Waals surface area contributed by atoms with Crippen molar-refractivity contribution in [1.29, 1.82) is 0 Å². The zero-order valence-electron chi connectivity index (χ0n) is 8.31. The maximum absolute atomic E-state index is 10.5. The van der Waals surface area contributed by atoms with Crippen molar-refractivity contribution in [2.24, 2.45) is 5.92 Å². The van der Waals surface area contributed by atoms with Gasteiger partial charge in [-0.2, -0.15) is 0 Å². The van der Waals surface area contributed by atoms with Crippen LogP contribution < -0.4 is 5.32 Å². The molecule has 0 aromatic carbocycles. The van der Waals surface area contributed by atoms with Crippen molar-refractivity contribution >= 4 is 11.8 Å². The lowest BCUT2D eigenvalue weighted by molar-refractivity contribution is 0.0690. The van der Waals surface area contributed by atoms with Crippen LogP contribution in [0.1, 0.15) is 29.8 Å². The number of nitrogens with zero attached hydrogens (tertiary/aromatic N) is 2. The molecule has 2 N–H and O–H groups in total.